The summed E-state index contributed by atoms with van der Waals surface area (Å²) < 4.78 is 0. The van der Waals surface area contributed by atoms with Crippen LogP contribution in [0, 0.1) is 35.8 Å². The lowest BCUT2D eigenvalue weighted by Crippen LogP contribution is -2.54. The fourth-order valence-electron chi connectivity index (χ4n) is 6.69. The fraction of sp³-hybridized carbons (Fsp3) is 0.375. The monoisotopic (exact) mass is 480 g/mol. The summed E-state index contributed by atoms with van der Waals surface area (Å²) in [5, 5.41) is 14.1. The molecule has 4 aliphatic rings. The molecule has 2 aromatic carbocycles. The lowest BCUT2D eigenvalue weighted by atomic mass is 9.75. The first-order valence-corrected chi connectivity index (χ1v) is 11.6. The van der Waals surface area contributed by atoms with Crippen LogP contribution < -0.4 is 10.2 Å². The van der Waals surface area contributed by atoms with Gasteiger partial charge in [-0.2, -0.15) is 0 Å². The number of hydrogen-bond acceptors (Lipinski definition) is 6. The molecule has 6 rings (SSSR count). The van der Waals surface area contributed by atoms with Crippen molar-refractivity contribution in [2.24, 2.45) is 11.8 Å². The topological polar surface area (TPSA) is 113 Å². The van der Waals surface area contributed by atoms with Gasteiger partial charge in [0, 0.05) is 29.4 Å². The molecule has 1 N–H and O–H groups in total. The number of fused-ring (bicyclic) bond motifs is 7. The van der Waals surface area contributed by atoms with E-state index in [-0.39, 0.29) is 28.3 Å². The summed E-state index contributed by atoms with van der Waals surface area (Å²) in [7, 11) is 0. The Morgan fingerprint density at radius 1 is 1.15 bits per heavy atom. The first-order chi connectivity index (χ1) is 16.2. The van der Waals surface area contributed by atoms with Gasteiger partial charge in [0.05, 0.1) is 27.5 Å². The normalized spacial score (nSPS) is 29.6. The highest BCUT2D eigenvalue weighted by atomic mass is 35.5. The van der Waals surface area contributed by atoms with E-state index in [1.807, 2.05) is 26.0 Å². The van der Waals surface area contributed by atoms with Gasteiger partial charge in [0.25, 0.3) is 5.69 Å². The smallest absolute Gasteiger partial charge is 0.271 e. The van der Waals surface area contributed by atoms with E-state index in [1.165, 1.54) is 12.1 Å². The van der Waals surface area contributed by atoms with E-state index >= 15 is 0 Å². The number of imide groups is 1. The van der Waals surface area contributed by atoms with Crippen LogP contribution in [-0.2, 0) is 19.9 Å². The molecule has 0 unspecified atom stereocenters. The molecule has 3 fully saturated rings. The van der Waals surface area contributed by atoms with Crippen LogP contribution in [0.25, 0.3) is 0 Å². The molecule has 4 aliphatic heterocycles. The van der Waals surface area contributed by atoms with Crippen molar-refractivity contribution >= 4 is 46.4 Å². The van der Waals surface area contributed by atoms with Crippen LogP contribution in [-0.4, -0.2) is 40.1 Å². The molecule has 0 bridgehead atoms. The van der Waals surface area contributed by atoms with Gasteiger partial charge in [0.1, 0.15) is 5.54 Å². The molecule has 10 heteroatoms. The number of nitrogens with zero attached hydrogens (tertiary/aromatic N) is 3. The summed E-state index contributed by atoms with van der Waals surface area (Å²) in [6.45, 7) is 4.49. The van der Waals surface area contributed by atoms with Crippen molar-refractivity contribution in [3.05, 3.63) is 62.2 Å². The maximum absolute atomic E-state index is 14.0. The summed E-state index contributed by atoms with van der Waals surface area (Å²) >= 11 is 6.31. The van der Waals surface area contributed by atoms with Gasteiger partial charge >= 0.3 is 0 Å². The summed E-state index contributed by atoms with van der Waals surface area (Å²) in [6.07, 6.45) is 1.53. The zero-order chi connectivity index (χ0) is 24.1. The lowest BCUT2D eigenvalue weighted by molar-refractivity contribution is -0.384. The molecule has 2 aromatic rings. The molecular formula is C24H21ClN4O5. The number of carbonyl (C=O) groups excluding carboxylic acids is 3. The van der Waals surface area contributed by atoms with Gasteiger partial charge in [-0.25, -0.2) is 4.90 Å². The minimum Gasteiger partial charge on any atom is -0.324 e. The predicted octanol–water partition coefficient (Wildman–Crippen LogP) is 3.30. The van der Waals surface area contributed by atoms with E-state index in [0.29, 0.717) is 18.7 Å². The van der Waals surface area contributed by atoms with Crippen LogP contribution in [0.4, 0.5) is 17.1 Å². The number of amides is 3. The highest BCUT2D eigenvalue weighted by Crippen LogP contribution is 2.61. The molecule has 1 spiro atoms. The second kappa shape index (κ2) is 6.86. The van der Waals surface area contributed by atoms with Crippen molar-refractivity contribution in [2.45, 2.75) is 38.3 Å². The van der Waals surface area contributed by atoms with Gasteiger partial charge in [-0.05, 0) is 44.9 Å². The van der Waals surface area contributed by atoms with E-state index in [0.717, 1.165) is 34.1 Å². The van der Waals surface area contributed by atoms with E-state index in [9.17, 15) is 24.5 Å². The van der Waals surface area contributed by atoms with Crippen molar-refractivity contribution < 1.29 is 19.3 Å². The number of aryl methyl sites for hydroxylation is 2. The molecule has 174 valence electrons. The average Bonchev–Trinajstić information content (AvgIpc) is 3.48. The Kier molecular flexibility index (Phi) is 4.29. The van der Waals surface area contributed by atoms with Crippen molar-refractivity contribution in [1.82, 2.24) is 4.90 Å². The van der Waals surface area contributed by atoms with Gasteiger partial charge in [-0.1, -0.05) is 29.3 Å². The van der Waals surface area contributed by atoms with Crippen LogP contribution in [0.15, 0.2) is 30.3 Å². The summed E-state index contributed by atoms with van der Waals surface area (Å²) in [5.74, 6) is -2.79. The van der Waals surface area contributed by atoms with Gasteiger partial charge in [-0.3, -0.25) is 29.4 Å². The van der Waals surface area contributed by atoms with Crippen LogP contribution >= 0.6 is 11.6 Å². The first-order valence-electron chi connectivity index (χ1n) is 11.2. The standard InChI is InChI=1S/C24H21ClN4O5/c1-11-8-12(2)20-14(9-11)24(23(32)26-20)19-18(17-4-3-7-27(17)24)21(30)28(22(19)31)16-6-5-13(29(33)34)10-15(16)25/h5-6,8-10,17-19H,3-4,7H2,1-2H3,(H,26,32)/t17-,18-,19+,24-/m1/s1. The van der Waals surface area contributed by atoms with Crippen LogP contribution in [0.1, 0.15) is 29.5 Å². The predicted molar refractivity (Wildman–Crippen MR) is 124 cm³/mol. The quantitative estimate of drug-likeness (QED) is 0.401. The molecule has 3 amide bonds. The van der Waals surface area contributed by atoms with Crippen molar-refractivity contribution in [1.29, 1.82) is 0 Å². The number of nitro groups is 1. The number of nitrogens with one attached hydrogen (secondary N) is 1. The number of benzene rings is 2. The molecule has 9 nitrogen and oxygen atoms in total. The summed E-state index contributed by atoms with van der Waals surface area (Å²) in [6, 6.07) is 7.35. The molecule has 4 heterocycles. The largest absolute Gasteiger partial charge is 0.324 e. The minimum absolute atomic E-state index is 0.0591. The van der Waals surface area contributed by atoms with Crippen molar-refractivity contribution in [2.75, 3.05) is 16.8 Å². The Morgan fingerprint density at radius 2 is 1.91 bits per heavy atom. The molecule has 34 heavy (non-hydrogen) atoms. The second-order valence-electron chi connectivity index (χ2n) is 9.54. The Balaban J connectivity index is 1.54. The third-order valence-electron chi connectivity index (χ3n) is 7.83. The van der Waals surface area contributed by atoms with Crippen LogP contribution in [0.3, 0.4) is 0 Å². The Labute approximate surface area is 199 Å². The third-order valence-corrected chi connectivity index (χ3v) is 8.13. The number of carbonyl (C=O) groups is 3. The second-order valence-corrected chi connectivity index (χ2v) is 9.94. The number of non-ortho nitro benzene ring substituents is 1. The number of halogens is 1. The number of nitro benzene ring substituents is 1. The Morgan fingerprint density at radius 3 is 2.62 bits per heavy atom. The number of hydrogen-bond donors (Lipinski definition) is 1. The molecular weight excluding hydrogens is 460 g/mol. The maximum atomic E-state index is 14.0. The number of rotatable bonds is 2. The highest BCUT2D eigenvalue weighted by molar-refractivity contribution is 6.36. The molecule has 0 radical (unpaired) electrons. The summed E-state index contributed by atoms with van der Waals surface area (Å²) in [4.78, 5) is 55.1. The van der Waals surface area contributed by atoms with Gasteiger partial charge in [0.15, 0.2) is 0 Å². The van der Waals surface area contributed by atoms with Gasteiger partial charge in [-0.15, -0.1) is 0 Å². The van der Waals surface area contributed by atoms with Crippen LogP contribution in [0.5, 0.6) is 0 Å². The SMILES string of the molecule is Cc1cc(C)c2c(c1)[C@]1(C(=O)N2)[C@@H]2C(=O)N(c3ccc([N+](=O)[O-])cc3Cl)C(=O)[C@@H]2[C@H]2CCCN21. The Hall–Kier alpha value is -3.30. The Bertz CT molecular complexity index is 1340. The maximum Gasteiger partial charge on any atom is 0.271 e. The van der Waals surface area contributed by atoms with E-state index in [4.69, 9.17) is 11.6 Å². The first kappa shape index (κ1) is 21.2. The van der Waals surface area contributed by atoms with Crippen molar-refractivity contribution in [3.8, 4) is 0 Å². The molecule has 3 saturated heterocycles. The summed E-state index contributed by atoms with van der Waals surface area (Å²) in [5.41, 5.74) is 1.93. The van der Waals surface area contributed by atoms with Crippen LogP contribution in [0.2, 0.25) is 5.02 Å². The third kappa shape index (κ3) is 2.40. The number of anilines is 2. The van der Waals surface area contributed by atoms with Gasteiger partial charge in [0.2, 0.25) is 17.7 Å². The van der Waals surface area contributed by atoms with E-state index in [2.05, 4.69) is 10.2 Å². The molecule has 4 atom stereocenters. The minimum atomic E-state index is -1.27. The molecule has 0 saturated carbocycles. The molecule has 0 aliphatic carbocycles. The fourth-order valence-corrected chi connectivity index (χ4v) is 6.95. The van der Waals surface area contributed by atoms with E-state index in [1.54, 1.807) is 0 Å². The zero-order valence-corrected chi connectivity index (χ0v) is 19.3. The zero-order valence-electron chi connectivity index (χ0n) is 18.5. The van der Waals surface area contributed by atoms with E-state index < -0.39 is 34.1 Å². The van der Waals surface area contributed by atoms with Crippen molar-refractivity contribution in [3.63, 3.8) is 0 Å². The molecule has 0 aromatic heterocycles. The van der Waals surface area contributed by atoms with Gasteiger partial charge < -0.3 is 5.32 Å². The lowest BCUT2D eigenvalue weighted by Gasteiger charge is -2.37. The highest BCUT2D eigenvalue weighted by Gasteiger charge is 2.74. The average molecular weight is 481 g/mol.